The molecule has 0 spiro atoms. The Morgan fingerprint density at radius 3 is 2.53 bits per heavy atom. The average molecular weight is 495 g/mol. The third kappa shape index (κ3) is 4.95. The maximum absolute atomic E-state index is 12.7. The molecule has 1 amide bonds. The molecule has 0 aliphatic rings. The van der Waals surface area contributed by atoms with Crippen molar-refractivity contribution in [1.29, 1.82) is 0 Å². The number of anilines is 1. The third-order valence-corrected chi connectivity index (χ3v) is 5.92. The average Bonchev–Trinajstić information content (AvgIpc) is 2.83. The van der Waals surface area contributed by atoms with Crippen molar-refractivity contribution >= 4 is 51.8 Å². The van der Waals surface area contributed by atoms with Gasteiger partial charge in [-0.2, -0.15) is 0 Å². The van der Waals surface area contributed by atoms with Gasteiger partial charge in [0, 0.05) is 23.6 Å². The van der Waals surface area contributed by atoms with Gasteiger partial charge >= 0.3 is 5.97 Å². The molecule has 2 aromatic heterocycles. The van der Waals surface area contributed by atoms with Gasteiger partial charge in [-0.05, 0) is 48.0 Å². The number of nitrogen functional groups attached to an aromatic ring is 1. The van der Waals surface area contributed by atoms with Gasteiger partial charge in [0.1, 0.15) is 11.9 Å². The largest absolute Gasteiger partial charge is 0.467 e. The minimum absolute atomic E-state index is 0.0785. The molecule has 1 atom stereocenters. The van der Waals surface area contributed by atoms with Crippen molar-refractivity contribution in [2.45, 2.75) is 12.5 Å². The highest BCUT2D eigenvalue weighted by atomic mass is 35.5. The second kappa shape index (κ2) is 10.1. The van der Waals surface area contributed by atoms with Gasteiger partial charge in [-0.15, -0.1) is 0 Å². The molecule has 4 rings (SSSR count). The van der Waals surface area contributed by atoms with Crippen molar-refractivity contribution < 1.29 is 14.3 Å². The molecule has 0 radical (unpaired) electrons. The second-order valence-electron chi connectivity index (χ2n) is 7.51. The molecule has 0 aliphatic heterocycles. The van der Waals surface area contributed by atoms with Crippen LogP contribution in [0, 0.1) is 0 Å². The molecule has 3 N–H and O–H groups in total. The van der Waals surface area contributed by atoms with Crippen LogP contribution in [0.4, 0.5) is 5.82 Å². The molecule has 4 aromatic rings. The zero-order chi connectivity index (χ0) is 24.2. The van der Waals surface area contributed by atoms with Crippen LogP contribution < -0.4 is 11.1 Å². The quantitative estimate of drug-likeness (QED) is 0.376. The Labute approximate surface area is 205 Å². The van der Waals surface area contributed by atoms with E-state index < -0.39 is 17.9 Å². The fraction of sp³-hybridized carbons (Fsp3) is 0.120. The van der Waals surface area contributed by atoms with E-state index >= 15 is 0 Å². The molecule has 34 heavy (non-hydrogen) atoms. The highest BCUT2D eigenvalue weighted by Crippen LogP contribution is 2.34. The number of nitrogens with zero attached hydrogens (tertiary/aromatic N) is 2. The molecule has 0 bridgehead atoms. The summed E-state index contributed by atoms with van der Waals surface area (Å²) in [6.07, 6.45) is 1.70. The molecule has 0 unspecified atom stereocenters. The highest BCUT2D eigenvalue weighted by Gasteiger charge is 2.24. The number of carbonyl (C=O) groups excluding carboxylic acids is 2. The summed E-state index contributed by atoms with van der Waals surface area (Å²) in [6.45, 7) is 0. The van der Waals surface area contributed by atoms with Crippen LogP contribution in [-0.4, -0.2) is 35.0 Å². The number of nitrogens with two attached hydrogens (primary N) is 1. The Balaban J connectivity index is 1.59. The van der Waals surface area contributed by atoms with E-state index in [9.17, 15) is 9.59 Å². The van der Waals surface area contributed by atoms with Crippen LogP contribution in [-0.2, 0) is 16.0 Å². The topological polar surface area (TPSA) is 107 Å². The van der Waals surface area contributed by atoms with Gasteiger partial charge in [-0.3, -0.25) is 4.79 Å². The molecule has 0 fully saturated rings. The lowest BCUT2D eigenvalue weighted by atomic mass is 10.0. The molecular weight excluding hydrogens is 475 g/mol. The SMILES string of the molecule is COC(=O)[C@H](Cc1ccc2nc(-c3c(Cl)cccc3Cl)ccc2c1)NC(=O)c1cccnc1N. The number of hydrogen-bond acceptors (Lipinski definition) is 6. The Bertz CT molecular complexity index is 1370. The van der Waals surface area contributed by atoms with Gasteiger partial charge in [-0.1, -0.05) is 41.4 Å². The number of aromatic nitrogens is 2. The number of carbonyl (C=O) groups is 2. The molecule has 0 saturated carbocycles. The first-order valence-corrected chi connectivity index (χ1v) is 11.1. The minimum atomic E-state index is -0.913. The summed E-state index contributed by atoms with van der Waals surface area (Å²) in [4.78, 5) is 33.6. The van der Waals surface area contributed by atoms with Crippen molar-refractivity contribution in [3.05, 3.63) is 88.0 Å². The Kier molecular flexibility index (Phi) is 6.95. The van der Waals surface area contributed by atoms with E-state index in [0.29, 0.717) is 21.3 Å². The molecular formula is C25H20Cl2N4O3. The molecule has 172 valence electrons. The molecule has 0 aliphatic carbocycles. The molecule has 2 aromatic carbocycles. The van der Waals surface area contributed by atoms with Crippen LogP contribution in [0.5, 0.6) is 0 Å². The van der Waals surface area contributed by atoms with Crippen LogP contribution in [0.1, 0.15) is 15.9 Å². The number of esters is 1. The normalized spacial score (nSPS) is 11.7. The number of rotatable bonds is 6. The van der Waals surface area contributed by atoms with Gasteiger partial charge in [0.05, 0.1) is 33.9 Å². The van der Waals surface area contributed by atoms with Crippen molar-refractivity contribution in [2.24, 2.45) is 0 Å². The zero-order valence-corrected chi connectivity index (χ0v) is 19.6. The molecule has 9 heteroatoms. The predicted molar refractivity (Wildman–Crippen MR) is 133 cm³/mol. The second-order valence-corrected chi connectivity index (χ2v) is 8.32. The van der Waals surface area contributed by atoms with Gasteiger partial charge in [-0.25, -0.2) is 14.8 Å². The van der Waals surface area contributed by atoms with E-state index in [1.165, 1.54) is 19.4 Å². The summed E-state index contributed by atoms with van der Waals surface area (Å²) in [7, 11) is 1.27. The summed E-state index contributed by atoms with van der Waals surface area (Å²) in [6, 6.07) is 16.9. The molecule has 2 heterocycles. The standard InChI is InChI=1S/C25H20Cl2N4O3/c1-34-25(33)21(31-24(32)16-4-3-11-29-23(16)28)13-14-7-9-19-15(12-14)8-10-20(30-19)22-17(26)5-2-6-18(22)27/h2-12,21H,13H2,1H3,(H2,28,29)(H,31,32)/t21-/m0/s1. The lowest BCUT2D eigenvalue weighted by Crippen LogP contribution is -2.43. The third-order valence-electron chi connectivity index (χ3n) is 5.29. The van der Waals surface area contributed by atoms with Gasteiger partial charge in [0.2, 0.25) is 0 Å². The van der Waals surface area contributed by atoms with Crippen LogP contribution in [0.3, 0.4) is 0 Å². The van der Waals surface area contributed by atoms with Crippen molar-refractivity contribution in [2.75, 3.05) is 12.8 Å². The van der Waals surface area contributed by atoms with Crippen LogP contribution in [0.15, 0.2) is 66.9 Å². The number of fused-ring (bicyclic) bond motifs is 1. The van der Waals surface area contributed by atoms with Crippen LogP contribution in [0.25, 0.3) is 22.2 Å². The number of pyridine rings is 2. The minimum Gasteiger partial charge on any atom is -0.467 e. The Morgan fingerprint density at radius 2 is 1.82 bits per heavy atom. The smallest absolute Gasteiger partial charge is 0.328 e. The predicted octanol–water partition coefficient (Wildman–Crippen LogP) is 4.70. The number of halogens is 2. The zero-order valence-electron chi connectivity index (χ0n) is 18.1. The fourth-order valence-electron chi connectivity index (χ4n) is 3.60. The first-order valence-electron chi connectivity index (χ1n) is 10.3. The summed E-state index contributed by atoms with van der Waals surface area (Å²) >= 11 is 12.6. The Hall–Kier alpha value is -3.68. The number of amides is 1. The maximum atomic E-state index is 12.7. The van der Waals surface area contributed by atoms with E-state index in [0.717, 1.165) is 16.5 Å². The first kappa shape index (κ1) is 23.5. The molecule has 0 saturated heterocycles. The van der Waals surface area contributed by atoms with Crippen molar-refractivity contribution in [3.8, 4) is 11.3 Å². The van der Waals surface area contributed by atoms with Gasteiger partial charge in [0.15, 0.2) is 0 Å². The van der Waals surface area contributed by atoms with E-state index in [-0.39, 0.29) is 17.8 Å². The van der Waals surface area contributed by atoms with Crippen LogP contribution >= 0.6 is 23.2 Å². The number of nitrogens with one attached hydrogen (secondary N) is 1. The van der Waals surface area contributed by atoms with Crippen LogP contribution in [0.2, 0.25) is 10.0 Å². The summed E-state index contributed by atoms with van der Waals surface area (Å²) < 4.78 is 4.89. The lowest BCUT2D eigenvalue weighted by molar-refractivity contribution is -0.142. The number of benzene rings is 2. The van der Waals surface area contributed by atoms with E-state index in [1.54, 1.807) is 24.3 Å². The monoisotopic (exact) mass is 494 g/mol. The summed E-state index contributed by atoms with van der Waals surface area (Å²) in [5.41, 5.74) is 8.84. The van der Waals surface area contributed by atoms with Gasteiger partial charge in [0.25, 0.3) is 5.91 Å². The summed E-state index contributed by atoms with van der Waals surface area (Å²) in [5.74, 6) is -1.00. The lowest BCUT2D eigenvalue weighted by Gasteiger charge is -2.17. The van der Waals surface area contributed by atoms with Crippen molar-refractivity contribution in [3.63, 3.8) is 0 Å². The highest BCUT2D eigenvalue weighted by molar-refractivity contribution is 6.39. The van der Waals surface area contributed by atoms with E-state index in [4.69, 9.17) is 33.7 Å². The van der Waals surface area contributed by atoms with E-state index in [2.05, 4.69) is 15.3 Å². The number of methoxy groups -OCH3 is 1. The summed E-state index contributed by atoms with van der Waals surface area (Å²) in [5, 5.41) is 4.57. The Morgan fingerprint density at radius 1 is 1.06 bits per heavy atom. The number of hydrogen-bond donors (Lipinski definition) is 2. The number of ether oxygens (including phenoxy) is 1. The maximum Gasteiger partial charge on any atom is 0.328 e. The fourth-order valence-corrected chi connectivity index (χ4v) is 4.19. The van der Waals surface area contributed by atoms with E-state index in [1.807, 2.05) is 30.3 Å². The van der Waals surface area contributed by atoms with Gasteiger partial charge < -0.3 is 15.8 Å². The molecule has 7 nitrogen and oxygen atoms in total. The van der Waals surface area contributed by atoms with Crippen molar-refractivity contribution in [1.82, 2.24) is 15.3 Å². The first-order chi connectivity index (χ1) is 16.4.